The first-order valence-corrected chi connectivity index (χ1v) is 23.5. The number of carbonyl (C=O) groups excluding carboxylic acids is 8. The Kier molecular flexibility index (Phi) is 18.4. The number of Topliss-reactive ketones (excluding diaryl/α,β-unsaturated/α-hetero) is 1. The summed E-state index contributed by atoms with van der Waals surface area (Å²) in [5.41, 5.74) is 1.52. The average Bonchev–Trinajstić information content (AvgIpc) is 4.08. The molecule has 7 amide bonds. The van der Waals surface area contributed by atoms with E-state index in [1.807, 2.05) is 34.6 Å². The van der Waals surface area contributed by atoms with Crippen LogP contribution in [0.4, 0.5) is 0 Å². The Morgan fingerprint density at radius 1 is 0.926 bits per heavy atom. The van der Waals surface area contributed by atoms with Crippen LogP contribution in [0.1, 0.15) is 117 Å². The Labute approximate surface area is 395 Å². The van der Waals surface area contributed by atoms with Crippen LogP contribution in [0.25, 0.3) is 17.0 Å². The van der Waals surface area contributed by atoms with Crippen molar-refractivity contribution in [1.82, 2.24) is 46.8 Å². The van der Waals surface area contributed by atoms with E-state index in [4.69, 9.17) is 4.42 Å². The number of ketones is 1. The molecule has 2 aromatic heterocycles. The molecule has 68 heavy (non-hydrogen) atoms. The number of carbonyl (C=O) groups is 8. The number of hydrogen-bond donors (Lipinski definition) is 9. The number of benzene rings is 1. The Balaban J connectivity index is 1.47. The molecule has 5 rings (SSSR count). The molecule has 0 aliphatic carbocycles. The number of nitrogens with one attached hydrogen (secondary N) is 7. The van der Waals surface area contributed by atoms with Crippen LogP contribution in [-0.2, 0) is 44.8 Å². The molecule has 8 atom stereocenters. The van der Waals surface area contributed by atoms with Crippen molar-refractivity contribution >= 4 is 64.1 Å². The number of phenols is 1. The number of rotatable bonds is 12. The van der Waals surface area contributed by atoms with Gasteiger partial charge in [-0.05, 0) is 93.0 Å². The summed E-state index contributed by atoms with van der Waals surface area (Å²) in [5.74, 6) is -6.46. The molecular weight excluding hydrogens is 879 g/mol. The van der Waals surface area contributed by atoms with Gasteiger partial charge in [0.25, 0.3) is 5.91 Å². The molecule has 1 saturated heterocycles. The van der Waals surface area contributed by atoms with Gasteiger partial charge in [0.1, 0.15) is 54.0 Å². The lowest BCUT2D eigenvalue weighted by Crippen LogP contribution is -2.58. The van der Waals surface area contributed by atoms with E-state index < -0.39 is 95.4 Å². The summed E-state index contributed by atoms with van der Waals surface area (Å²) in [6, 6.07) is -2.05. The lowest BCUT2D eigenvalue weighted by atomic mass is 9.98. The van der Waals surface area contributed by atoms with Crippen LogP contribution < -0.4 is 31.9 Å². The zero-order chi connectivity index (χ0) is 49.8. The SMILES string of the molecule is CCC(C)C(O)C(=O)N[C@H](CC(C)C)C(=O)N[C@H]1CCCNC(=O)[C@H](Cc2c[nH]c3ccc(O)cc23)NC(=O)/C=C/c2coc(n2)[C@H](C)NC(=O)C(=O)[C@H](CC(C)C)NC(=O)[C@@H]2CCCN2C1=O. The number of nitrogens with zero attached hydrogens (tertiary/aromatic N) is 2. The molecule has 2 bridgehead atoms. The number of aliphatic hydroxyl groups is 1. The zero-order valence-corrected chi connectivity index (χ0v) is 39.8. The number of aromatic amines is 1. The Morgan fingerprint density at radius 3 is 2.38 bits per heavy atom. The van der Waals surface area contributed by atoms with Crippen LogP contribution in [0.3, 0.4) is 0 Å². The zero-order valence-electron chi connectivity index (χ0n) is 39.8. The quantitative estimate of drug-likeness (QED) is 0.118. The van der Waals surface area contributed by atoms with Crippen LogP contribution in [0.15, 0.2) is 41.2 Å². The highest BCUT2D eigenvalue weighted by Crippen LogP contribution is 2.25. The van der Waals surface area contributed by atoms with Crippen molar-refractivity contribution in [3.05, 3.63) is 53.9 Å². The summed E-state index contributed by atoms with van der Waals surface area (Å²) >= 11 is 0. The molecule has 2 unspecified atom stereocenters. The van der Waals surface area contributed by atoms with E-state index >= 15 is 0 Å². The third-order valence-electron chi connectivity index (χ3n) is 12.2. The van der Waals surface area contributed by atoms with Gasteiger partial charge in [-0.3, -0.25) is 38.4 Å². The lowest BCUT2D eigenvalue weighted by Gasteiger charge is -2.31. The predicted octanol–water partition coefficient (Wildman–Crippen LogP) is 2.20. The number of aromatic hydroxyl groups is 1. The second-order valence-corrected chi connectivity index (χ2v) is 18.7. The summed E-state index contributed by atoms with van der Waals surface area (Å²) < 4.78 is 5.55. The van der Waals surface area contributed by atoms with E-state index in [0.29, 0.717) is 29.3 Å². The van der Waals surface area contributed by atoms with Gasteiger partial charge < -0.3 is 56.4 Å². The third-order valence-corrected chi connectivity index (χ3v) is 12.2. The average molecular weight is 946 g/mol. The van der Waals surface area contributed by atoms with Gasteiger partial charge in [0.15, 0.2) is 0 Å². The summed E-state index contributed by atoms with van der Waals surface area (Å²) in [5, 5.41) is 37.8. The van der Waals surface area contributed by atoms with Crippen molar-refractivity contribution in [2.24, 2.45) is 17.8 Å². The number of fused-ring (bicyclic) bond motifs is 4. The van der Waals surface area contributed by atoms with Crippen LogP contribution in [0.2, 0.25) is 0 Å². The van der Waals surface area contributed by atoms with Crippen LogP contribution in [0, 0.1) is 17.8 Å². The molecule has 0 saturated carbocycles. The molecule has 9 N–H and O–H groups in total. The molecular formula is C48H67N9O11. The number of hydrogen-bond acceptors (Lipinski definition) is 12. The number of H-pyrrole nitrogens is 1. The van der Waals surface area contributed by atoms with Gasteiger partial charge in [-0.1, -0.05) is 48.0 Å². The van der Waals surface area contributed by atoms with Crippen molar-refractivity contribution in [2.45, 2.75) is 142 Å². The molecule has 20 nitrogen and oxygen atoms in total. The van der Waals surface area contributed by atoms with Crippen molar-refractivity contribution in [2.75, 3.05) is 13.1 Å². The Morgan fingerprint density at radius 2 is 1.68 bits per heavy atom. The van der Waals surface area contributed by atoms with Crippen molar-refractivity contribution in [1.29, 1.82) is 0 Å². The topological polar surface area (TPSA) is 294 Å². The van der Waals surface area contributed by atoms with E-state index in [1.165, 1.54) is 36.3 Å². The van der Waals surface area contributed by atoms with Crippen molar-refractivity contribution in [3.63, 3.8) is 0 Å². The third kappa shape index (κ3) is 14.0. The Hall–Kier alpha value is -6.57. The van der Waals surface area contributed by atoms with Crippen molar-refractivity contribution < 1.29 is 53.0 Å². The predicted molar refractivity (Wildman–Crippen MR) is 250 cm³/mol. The highest BCUT2D eigenvalue weighted by molar-refractivity contribution is 6.38. The van der Waals surface area contributed by atoms with E-state index in [-0.39, 0.29) is 80.8 Å². The van der Waals surface area contributed by atoms with Gasteiger partial charge in [-0.2, -0.15) is 0 Å². The fraction of sp³-hybridized carbons (Fsp3) is 0.562. The van der Waals surface area contributed by atoms with Gasteiger partial charge in [0, 0.05) is 42.7 Å². The lowest BCUT2D eigenvalue weighted by molar-refractivity contribution is -0.144. The van der Waals surface area contributed by atoms with Crippen molar-refractivity contribution in [3.8, 4) is 5.75 Å². The van der Waals surface area contributed by atoms with Gasteiger partial charge in [-0.25, -0.2) is 4.98 Å². The van der Waals surface area contributed by atoms with E-state index in [0.717, 1.165) is 6.08 Å². The minimum atomic E-state index is -1.38. The monoisotopic (exact) mass is 945 g/mol. The number of amides is 7. The second-order valence-electron chi connectivity index (χ2n) is 18.7. The molecule has 4 heterocycles. The number of aromatic nitrogens is 2. The molecule has 370 valence electrons. The van der Waals surface area contributed by atoms with Crippen LogP contribution in [-0.4, -0.2) is 122 Å². The molecule has 2 aliphatic heterocycles. The van der Waals surface area contributed by atoms with E-state index in [1.54, 1.807) is 19.2 Å². The van der Waals surface area contributed by atoms with Crippen LogP contribution >= 0.6 is 0 Å². The maximum atomic E-state index is 14.6. The first-order chi connectivity index (χ1) is 32.3. The largest absolute Gasteiger partial charge is 0.508 e. The number of aliphatic hydroxyl groups excluding tert-OH is 1. The molecule has 1 fully saturated rings. The molecule has 0 radical (unpaired) electrons. The smallest absolute Gasteiger partial charge is 0.290 e. The van der Waals surface area contributed by atoms with E-state index in [2.05, 4.69) is 41.9 Å². The maximum Gasteiger partial charge on any atom is 0.290 e. The first-order valence-electron chi connectivity index (χ1n) is 23.5. The Bertz CT molecular complexity index is 2340. The standard InChI is InChI=1S/C48H67N9O11/c1-8-27(6)40(60)45(65)56-36(20-26(4)5)43(63)54-34-11-9-17-49-42(62)37(21-29-23-50-33-15-14-31(58)22-32(29)33)53-39(59)16-13-30-24-68-47(52-30)28(7)51-46(66)41(61)35(19-25(2)3)55-44(64)38-12-10-18-57(38)48(34)67/h13-16,22-28,34-38,40,50,58,60H,8-12,17-21H2,1-7H3,(H,49,62)(H,51,66)(H,53,59)(H,54,63)(H,55,64)(H,56,65)/b16-13+/t27?,28-,34-,35-,36+,37-,38-,40?/m0/s1. The maximum absolute atomic E-state index is 14.6. The van der Waals surface area contributed by atoms with Gasteiger partial charge in [0.2, 0.25) is 47.1 Å². The summed E-state index contributed by atoms with van der Waals surface area (Å²) in [4.78, 5) is 119. The number of phenolic OH excluding ortho intramolecular Hbond substituents is 1. The molecule has 1 aromatic carbocycles. The normalized spacial score (nSPS) is 23.4. The summed E-state index contributed by atoms with van der Waals surface area (Å²) in [6.45, 7) is 12.5. The summed E-state index contributed by atoms with van der Waals surface area (Å²) in [6.07, 6.45) is 5.54. The highest BCUT2D eigenvalue weighted by Gasteiger charge is 2.40. The highest BCUT2D eigenvalue weighted by atomic mass is 16.3. The summed E-state index contributed by atoms with van der Waals surface area (Å²) in [7, 11) is 0. The van der Waals surface area contributed by atoms with E-state index in [9.17, 15) is 48.6 Å². The first kappa shape index (κ1) is 52.4. The van der Waals surface area contributed by atoms with Gasteiger partial charge in [-0.15, -0.1) is 0 Å². The minimum Gasteiger partial charge on any atom is -0.508 e. The van der Waals surface area contributed by atoms with Gasteiger partial charge >= 0.3 is 0 Å². The molecule has 2 aliphatic rings. The van der Waals surface area contributed by atoms with Gasteiger partial charge in [0.05, 0.1) is 6.04 Å². The van der Waals surface area contributed by atoms with Crippen LogP contribution in [0.5, 0.6) is 5.75 Å². The molecule has 3 aromatic rings. The fourth-order valence-electron chi connectivity index (χ4n) is 8.30. The minimum absolute atomic E-state index is 0.00120. The second kappa shape index (κ2) is 23.9. The number of oxazole rings is 1. The molecule has 0 spiro atoms. The molecule has 20 heteroatoms. The fourth-order valence-corrected chi connectivity index (χ4v) is 8.30.